The second-order valence-corrected chi connectivity index (χ2v) is 12.1. The van der Waals surface area contributed by atoms with Gasteiger partial charge in [0.25, 0.3) is 10.0 Å². The maximum atomic E-state index is 14.1. The van der Waals surface area contributed by atoms with Crippen molar-refractivity contribution in [2.24, 2.45) is 0 Å². The fourth-order valence-corrected chi connectivity index (χ4v) is 6.05. The van der Waals surface area contributed by atoms with Crippen LogP contribution in [0.3, 0.4) is 0 Å². The lowest BCUT2D eigenvalue weighted by Crippen LogP contribution is -2.52. The van der Waals surface area contributed by atoms with Gasteiger partial charge in [-0.3, -0.25) is 13.9 Å². The molecule has 0 aromatic heterocycles. The average molecular weight is 584 g/mol. The predicted molar refractivity (Wildman–Crippen MR) is 161 cm³/mol. The second-order valence-electron chi connectivity index (χ2n) is 9.83. The molecule has 214 valence electrons. The molecule has 0 bridgehead atoms. The van der Waals surface area contributed by atoms with E-state index < -0.39 is 28.5 Å². The van der Waals surface area contributed by atoms with Crippen LogP contribution in [0.1, 0.15) is 49.8 Å². The van der Waals surface area contributed by atoms with E-state index in [0.29, 0.717) is 29.2 Å². The number of halogens is 1. The summed E-state index contributed by atoms with van der Waals surface area (Å²) < 4.78 is 29.1. The minimum Gasteiger partial charge on any atom is -0.354 e. The molecule has 0 aliphatic rings. The number of carbonyl (C=O) groups is 2. The number of sulfonamides is 1. The summed E-state index contributed by atoms with van der Waals surface area (Å²) in [6.07, 6.45) is 2.11. The van der Waals surface area contributed by atoms with Crippen LogP contribution >= 0.6 is 11.6 Å². The molecule has 1 N–H and O–H groups in total. The number of carbonyl (C=O) groups excluding carboxylic acids is 2. The average Bonchev–Trinajstić information content (AvgIpc) is 2.94. The molecular formula is C31H38ClN3O4S. The molecule has 0 saturated heterocycles. The summed E-state index contributed by atoms with van der Waals surface area (Å²) >= 11 is 6.08. The Labute approximate surface area is 243 Å². The smallest absolute Gasteiger partial charge is 0.264 e. The Hall–Kier alpha value is -3.36. The van der Waals surface area contributed by atoms with Crippen molar-refractivity contribution in [1.29, 1.82) is 0 Å². The normalized spacial score (nSPS) is 12.0. The number of hydrogen-bond acceptors (Lipinski definition) is 4. The van der Waals surface area contributed by atoms with Gasteiger partial charge in [0.05, 0.1) is 10.6 Å². The first kappa shape index (κ1) is 31.2. The number of hydrogen-bond donors (Lipinski definition) is 1. The van der Waals surface area contributed by atoms with E-state index in [1.807, 2.05) is 39.8 Å². The number of aryl methyl sites for hydroxylation is 2. The van der Waals surface area contributed by atoms with Crippen molar-refractivity contribution in [2.75, 3.05) is 17.4 Å². The molecule has 1 atom stereocenters. The van der Waals surface area contributed by atoms with Crippen LogP contribution in [-0.4, -0.2) is 44.3 Å². The van der Waals surface area contributed by atoms with Crippen LogP contribution in [0.5, 0.6) is 0 Å². The van der Waals surface area contributed by atoms with Crippen LogP contribution in [-0.2, 0) is 26.2 Å². The van der Waals surface area contributed by atoms with E-state index in [1.54, 1.807) is 48.5 Å². The first-order valence-electron chi connectivity index (χ1n) is 13.5. The highest BCUT2D eigenvalue weighted by molar-refractivity contribution is 7.92. The third-order valence-electron chi connectivity index (χ3n) is 6.73. The zero-order chi connectivity index (χ0) is 29.3. The molecule has 40 heavy (non-hydrogen) atoms. The van der Waals surface area contributed by atoms with Crippen LogP contribution in [0.4, 0.5) is 5.69 Å². The molecule has 0 aliphatic carbocycles. The molecule has 0 saturated carbocycles. The summed E-state index contributed by atoms with van der Waals surface area (Å²) in [4.78, 5) is 28.9. The summed E-state index contributed by atoms with van der Waals surface area (Å²) in [5, 5.41) is 3.49. The van der Waals surface area contributed by atoms with Gasteiger partial charge in [0.1, 0.15) is 12.6 Å². The molecule has 3 aromatic rings. The quantitative estimate of drug-likeness (QED) is 0.255. The zero-order valence-corrected chi connectivity index (χ0v) is 25.1. The van der Waals surface area contributed by atoms with E-state index in [-0.39, 0.29) is 17.3 Å². The number of amides is 2. The molecule has 0 heterocycles. The molecule has 7 nitrogen and oxygen atoms in total. The topological polar surface area (TPSA) is 86.8 Å². The van der Waals surface area contributed by atoms with Crippen molar-refractivity contribution >= 4 is 39.1 Å². The van der Waals surface area contributed by atoms with Crippen LogP contribution in [0.25, 0.3) is 0 Å². The van der Waals surface area contributed by atoms with Crippen molar-refractivity contribution in [3.8, 4) is 0 Å². The van der Waals surface area contributed by atoms with E-state index in [1.165, 1.54) is 17.0 Å². The van der Waals surface area contributed by atoms with Crippen molar-refractivity contribution in [3.63, 3.8) is 0 Å². The van der Waals surface area contributed by atoms with Crippen LogP contribution in [0.15, 0.2) is 77.7 Å². The van der Waals surface area contributed by atoms with Gasteiger partial charge in [0.2, 0.25) is 11.8 Å². The standard InChI is InChI=1S/C31H38ClN3O4S/c1-5-7-19-33-31(37)28(6-2)34(21-25-15-17-26(32)18-16-25)30(36)22-35(29-20-23(3)13-14-24(29)4)40(38,39)27-11-9-8-10-12-27/h8-18,20,28H,5-7,19,21-22H2,1-4H3,(H,33,37). The Kier molecular flexibility index (Phi) is 11.2. The van der Waals surface area contributed by atoms with Gasteiger partial charge < -0.3 is 10.2 Å². The Morgan fingerprint density at radius 1 is 0.950 bits per heavy atom. The predicted octanol–water partition coefficient (Wildman–Crippen LogP) is 5.88. The summed E-state index contributed by atoms with van der Waals surface area (Å²) in [7, 11) is -4.10. The molecule has 0 fully saturated rings. The highest BCUT2D eigenvalue weighted by Gasteiger charge is 2.34. The SMILES string of the molecule is CCCCNC(=O)C(CC)N(Cc1ccc(Cl)cc1)C(=O)CN(c1cc(C)ccc1C)S(=O)(=O)c1ccccc1. The summed E-state index contributed by atoms with van der Waals surface area (Å²) in [5.74, 6) is -0.740. The van der Waals surface area contributed by atoms with E-state index in [4.69, 9.17) is 11.6 Å². The highest BCUT2D eigenvalue weighted by atomic mass is 35.5. The molecular weight excluding hydrogens is 546 g/mol. The van der Waals surface area contributed by atoms with Crippen molar-refractivity contribution in [1.82, 2.24) is 10.2 Å². The maximum absolute atomic E-state index is 14.1. The van der Waals surface area contributed by atoms with Crippen molar-refractivity contribution in [3.05, 3.63) is 94.5 Å². The Morgan fingerprint density at radius 3 is 2.25 bits per heavy atom. The van der Waals surface area contributed by atoms with Gasteiger partial charge in [-0.1, -0.05) is 74.3 Å². The zero-order valence-electron chi connectivity index (χ0n) is 23.6. The molecule has 0 spiro atoms. The molecule has 0 aliphatic heterocycles. The van der Waals surface area contributed by atoms with Gasteiger partial charge in [0.15, 0.2) is 0 Å². The van der Waals surface area contributed by atoms with E-state index in [9.17, 15) is 18.0 Å². The molecule has 0 radical (unpaired) electrons. The van der Waals surface area contributed by atoms with E-state index >= 15 is 0 Å². The lowest BCUT2D eigenvalue weighted by Gasteiger charge is -2.33. The van der Waals surface area contributed by atoms with Gasteiger partial charge >= 0.3 is 0 Å². The van der Waals surface area contributed by atoms with Crippen LogP contribution < -0.4 is 9.62 Å². The minimum absolute atomic E-state index is 0.0808. The van der Waals surface area contributed by atoms with Gasteiger partial charge in [0, 0.05) is 18.1 Å². The number of rotatable bonds is 13. The summed E-state index contributed by atoms with van der Waals surface area (Å²) in [6.45, 7) is 7.73. The monoisotopic (exact) mass is 583 g/mol. The van der Waals surface area contributed by atoms with Crippen LogP contribution in [0.2, 0.25) is 5.02 Å². The van der Waals surface area contributed by atoms with Gasteiger partial charge in [-0.2, -0.15) is 0 Å². The summed E-state index contributed by atoms with van der Waals surface area (Å²) in [6, 6.07) is 19.8. The highest BCUT2D eigenvalue weighted by Crippen LogP contribution is 2.28. The minimum atomic E-state index is -4.10. The second kappa shape index (κ2) is 14.3. The Morgan fingerprint density at radius 2 is 1.62 bits per heavy atom. The van der Waals surface area contributed by atoms with Crippen LogP contribution in [0, 0.1) is 13.8 Å². The largest absolute Gasteiger partial charge is 0.354 e. The van der Waals surface area contributed by atoms with Gasteiger partial charge in [-0.05, 0) is 73.7 Å². The van der Waals surface area contributed by atoms with Crippen molar-refractivity contribution in [2.45, 2.75) is 64.4 Å². The first-order valence-corrected chi connectivity index (χ1v) is 15.4. The van der Waals surface area contributed by atoms with Crippen molar-refractivity contribution < 1.29 is 18.0 Å². The Bertz CT molecular complexity index is 1400. The van der Waals surface area contributed by atoms with Gasteiger partial charge in [-0.25, -0.2) is 8.42 Å². The third kappa shape index (κ3) is 7.86. The fraction of sp³-hybridized carbons (Fsp3) is 0.355. The van der Waals surface area contributed by atoms with E-state index in [0.717, 1.165) is 28.3 Å². The number of unbranched alkanes of at least 4 members (excludes halogenated alkanes) is 1. The number of anilines is 1. The lowest BCUT2D eigenvalue weighted by molar-refractivity contribution is -0.140. The number of nitrogens with one attached hydrogen (secondary N) is 1. The fourth-order valence-electron chi connectivity index (χ4n) is 4.43. The maximum Gasteiger partial charge on any atom is 0.264 e. The van der Waals surface area contributed by atoms with Gasteiger partial charge in [-0.15, -0.1) is 0 Å². The Balaban J connectivity index is 2.06. The number of nitrogens with zero attached hydrogens (tertiary/aromatic N) is 2. The third-order valence-corrected chi connectivity index (χ3v) is 8.75. The van der Waals surface area contributed by atoms with E-state index in [2.05, 4.69) is 5.32 Å². The summed E-state index contributed by atoms with van der Waals surface area (Å²) in [5.41, 5.74) is 2.78. The lowest BCUT2D eigenvalue weighted by atomic mass is 10.1. The number of benzene rings is 3. The molecule has 2 amide bonds. The molecule has 1 unspecified atom stereocenters. The molecule has 3 rings (SSSR count). The molecule has 3 aromatic carbocycles. The molecule has 9 heteroatoms. The first-order chi connectivity index (χ1) is 19.1.